The Balaban J connectivity index is 1.72. The van der Waals surface area contributed by atoms with E-state index in [1.54, 1.807) is 0 Å². The van der Waals surface area contributed by atoms with Crippen molar-refractivity contribution in [3.63, 3.8) is 0 Å². The van der Waals surface area contributed by atoms with Crippen molar-refractivity contribution in [3.8, 4) is 5.69 Å². The quantitative estimate of drug-likeness (QED) is 0.795. The van der Waals surface area contributed by atoms with Crippen molar-refractivity contribution in [1.29, 1.82) is 0 Å². The Labute approximate surface area is 145 Å². The molecule has 1 atom stereocenters. The number of carbonyl (C=O) groups is 1. The average Bonchev–Trinajstić information content (AvgIpc) is 3.30. The highest BCUT2D eigenvalue weighted by molar-refractivity contribution is 8.00. The molecule has 0 radical (unpaired) electrons. The van der Waals surface area contributed by atoms with Crippen LogP contribution in [0.1, 0.15) is 24.8 Å². The van der Waals surface area contributed by atoms with Crippen LogP contribution in [0, 0.1) is 6.92 Å². The second-order valence-corrected chi connectivity index (χ2v) is 7.38. The zero-order chi connectivity index (χ0) is 16.5. The topological polar surface area (TPSA) is 60.3 Å². The van der Waals surface area contributed by atoms with Gasteiger partial charge in [0.2, 0.25) is 5.95 Å². The van der Waals surface area contributed by atoms with Gasteiger partial charge < -0.3 is 9.64 Å². The first-order valence-corrected chi connectivity index (χ1v) is 9.21. The lowest BCUT2D eigenvalue weighted by Gasteiger charge is -2.18. The van der Waals surface area contributed by atoms with Crippen LogP contribution in [0.3, 0.4) is 0 Å². The molecule has 2 aromatic rings. The van der Waals surface area contributed by atoms with E-state index in [2.05, 4.69) is 50.9 Å². The molecule has 2 aliphatic rings. The Morgan fingerprint density at radius 1 is 1.17 bits per heavy atom. The number of cyclic esters (lactones) is 1. The molecule has 126 valence electrons. The fourth-order valence-corrected chi connectivity index (χ4v) is 4.11. The van der Waals surface area contributed by atoms with Crippen LogP contribution >= 0.6 is 11.8 Å². The van der Waals surface area contributed by atoms with Crippen LogP contribution in [0.5, 0.6) is 0 Å². The number of hydrogen-bond donors (Lipinski definition) is 0. The Morgan fingerprint density at radius 3 is 2.58 bits per heavy atom. The van der Waals surface area contributed by atoms with Gasteiger partial charge in [0.05, 0.1) is 12.3 Å². The molecule has 0 N–H and O–H groups in total. The van der Waals surface area contributed by atoms with Gasteiger partial charge >= 0.3 is 5.97 Å². The van der Waals surface area contributed by atoms with E-state index in [1.165, 1.54) is 30.2 Å². The molecule has 7 heteroatoms. The molecular formula is C17H20N4O2S. The first-order valence-electron chi connectivity index (χ1n) is 8.33. The maximum Gasteiger partial charge on any atom is 0.319 e. The third-order valence-corrected chi connectivity index (χ3v) is 5.62. The monoisotopic (exact) mass is 344 g/mol. The highest BCUT2D eigenvalue weighted by Crippen LogP contribution is 2.33. The van der Waals surface area contributed by atoms with E-state index in [1.807, 2.05) is 0 Å². The predicted octanol–water partition coefficient (Wildman–Crippen LogP) is 2.58. The highest BCUT2D eigenvalue weighted by atomic mass is 32.2. The van der Waals surface area contributed by atoms with Gasteiger partial charge in [0, 0.05) is 19.5 Å². The van der Waals surface area contributed by atoms with E-state index in [0.717, 1.165) is 36.3 Å². The maximum absolute atomic E-state index is 11.8. The summed E-state index contributed by atoms with van der Waals surface area (Å²) in [5, 5.41) is 9.38. The maximum atomic E-state index is 11.8. The molecule has 0 saturated carbocycles. The third-order valence-electron chi connectivity index (χ3n) is 4.43. The van der Waals surface area contributed by atoms with Crippen molar-refractivity contribution < 1.29 is 9.53 Å². The van der Waals surface area contributed by atoms with Crippen LogP contribution in [0.4, 0.5) is 5.95 Å². The molecular weight excluding hydrogens is 324 g/mol. The summed E-state index contributed by atoms with van der Waals surface area (Å²) >= 11 is 1.45. The SMILES string of the molecule is Cc1ccc(-n2c(S[C@H]3CCOC3=O)nnc2N2CCCC2)cc1. The summed E-state index contributed by atoms with van der Waals surface area (Å²) in [6.07, 6.45) is 3.08. The molecule has 2 fully saturated rings. The minimum absolute atomic E-state index is 0.152. The number of anilines is 1. The van der Waals surface area contributed by atoms with Crippen LogP contribution in [-0.2, 0) is 9.53 Å². The van der Waals surface area contributed by atoms with Crippen LogP contribution < -0.4 is 4.90 Å². The van der Waals surface area contributed by atoms with Gasteiger partial charge in [-0.05, 0) is 31.9 Å². The zero-order valence-corrected chi connectivity index (χ0v) is 14.5. The first kappa shape index (κ1) is 15.5. The summed E-state index contributed by atoms with van der Waals surface area (Å²) in [7, 11) is 0. The summed E-state index contributed by atoms with van der Waals surface area (Å²) in [4.78, 5) is 14.1. The number of benzene rings is 1. The molecule has 4 rings (SSSR count). The van der Waals surface area contributed by atoms with E-state index >= 15 is 0 Å². The molecule has 0 aliphatic carbocycles. The van der Waals surface area contributed by atoms with Crippen molar-refractivity contribution >= 4 is 23.7 Å². The average molecular weight is 344 g/mol. The number of esters is 1. The molecule has 6 nitrogen and oxygen atoms in total. The third kappa shape index (κ3) is 2.88. The standard InChI is InChI=1S/C17H20N4O2S/c1-12-4-6-13(7-5-12)21-16(20-9-2-3-10-20)18-19-17(21)24-14-8-11-23-15(14)22/h4-7,14H,2-3,8-11H2,1H3/t14-/m0/s1. The van der Waals surface area contributed by atoms with Gasteiger partial charge in [-0.15, -0.1) is 10.2 Å². The second-order valence-electron chi connectivity index (χ2n) is 6.21. The Hall–Kier alpha value is -2.02. The molecule has 0 amide bonds. The second kappa shape index (κ2) is 6.47. The van der Waals surface area contributed by atoms with Gasteiger partial charge in [-0.25, -0.2) is 0 Å². The zero-order valence-electron chi connectivity index (χ0n) is 13.6. The summed E-state index contributed by atoms with van der Waals surface area (Å²) in [5.41, 5.74) is 2.24. The summed E-state index contributed by atoms with van der Waals surface area (Å²) in [6, 6.07) is 8.33. The van der Waals surface area contributed by atoms with E-state index < -0.39 is 0 Å². The minimum atomic E-state index is -0.190. The number of aromatic nitrogens is 3. The van der Waals surface area contributed by atoms with Gasteiger partial charge in [-0.1, -0.05) is 29.5 Å². The van der Waals surface area contributed by atoms with Crippen molar-refractivity contribution in [3.05, 3.63) is 29.8 Å². The minimum Gasteiger partial charge on any atom is -0.465 e. The number of nitrogens with zero attached hydrogens (tertiary/aromatic N) is 4. The van der Waals surface area contributed by atoms with Gasteiger partial charge in [-0.3, -0.25) is 9.36 Å². The van der Waals surface area contributed by atoms with Crippen molar-refractivity contribution in [1.82, 2.24) is 14.8 Å². The normalized spacial score (nSPS) is 20.6. The molecule has 1 aromatic heterocycles. The largest absolute Gasteiger partial charge is 0.465 e. The van der Waals surface area contributed by atoms with Gasteiger partial charge in [-0.2, -0.15) is 0 Å². The molecule has 3 heterocycles. The number of rotatable bonds is 4. The van der Waals surface area contributed by atoms with Gasteiger partial charge in [0.25, 0.3) is 0 Å². The molecule has 0 bridgehead atoms. The Morgan fingerprint density at radius 2 is 1.92 bits per heavy atom. The van der Waals surface area contributed by atoms with Gasteiger partial charge in [0.1, 0.15) is 5.25 Å². The van der Waals surface area contributed by atoms with Crippen LogP contribution in [0.25, 0.3) is 5.69 Å². The number of ether oxygens (including phenoxy) is 1. The van der Waals surface area contributed by atoms with Gasteiger partial charge in [0.15, 0.2) is 5.16 Å². The molecule has 2 saturated heterocycles. The molecule has 0 spiro atoms. The number of aryl methyl sites for hydroxylation is 1. The number of thioether (sulfide) groups is 1. The highest BCUT2D eigenvalue weighted by Gasteiger charge is 2.31. The number of carbonyl (C=O) groups excluding carboxylic acids is 1. The van der Waals surface area contributed by atoms with Crippen LogP contribution in [0.15, 0.2) is 29.4 Å². The van der Waals surface area contributed by atoms with Crippen molar-refractivity contribution in [2.75, 3.05) is 24.6 Å². The first-order chi connectivity index (χ1) is 11.7. The summed E-state index contributed by atoms with van der Waals surface area (Å²) in [6.45, 7) is 4.57. The lowest BCUT2D eigenvalue weighted by molar-refractivity contribution is -0.137. The van der Waals surface area contributed by atoms with Crippen LogP contribution in [0.2, 0.25) is 0 Å². The fraction of sp³-hybridized carbons (Fsp3) is 0.471. The smallest absolute Gasteiger partial charge is 0.319 e. The van der Waals surface area contributed by atoms with E-state index in [-0.39, 0.29) is 11.2 Å². The molecule has 0 unspecified atom stereocenters. The molecule has 2 aliphatic heterocycles. The lowest BCUT2D eigenvalue weighted by Crippen LogP contribution is -2.22. The Bertz CT molecular complexity index is 738. The van der Waals surface area contributed by atoms with E-state index in [9.17, 15) is 4.79 Å². The van der Waals surface area contributed by atoms with E-state index in [0.29, 0.717) is 6.61 Å². The number of hydrogen-bond acceptors (Lipinski definition) is 6. The summed E-state index contributed by atoms with van der Waals surface area (Å²) < 4.78 is 7.15. The predicted molar refractivity (Wildman–Crippen MR) is 92.8 cm³/mol. The fourth-order valence-electron chi connectivity index (χ4n) is 3.09. The van der Waals surface area contributed by atoms with Crippen molar-refractivity contribution in [2.45, 2.75) is 36.6 Å². The summed E-state index contributed by atoms with van der Waals surface area (Å²) in [5.74, 6) is 0.714. The van der Waals surface area contributed by atoms with Crippen LogP contribution in [-0.4, -0.2) is 45.7 Å². The Kier molecular flexibility index (Phi) is 4.18. The molecule has 24 heavy (non-hydrogen) atoms. The van der Waals surface area contributed by atoms with Crippen molar-refractivity contribution in [2.24, 2.45) is 0 Å². The lowest BCUT2D eigenvalue weighted by atomic mass is 10.2. The molecule has 1 aromatic carbocycles. The van der Waals surface area contributed by atoms with E-state index in [4.69, 9.17) is 4.74 Å².